The minimum atomic E-state index is -0.930. The maximum atomic E-state index is 12.4. The highest BCUT2D eigenvalue weighted by Gasteiger charge is 2.21. The van der Waals surface area contributed by atoms with E-state index in [2.05, 4.69) is 5.32 Å². The van der Waals surface area contributed by atoms with Gasteiger partial charge in [0, 0.05) is 22.2 Å². The van der Waals surface area contributed by atoms with Crippen LogP contribution in [-0.4, -0.2) is 15.4 Å². The second-order valence-electron chi connectivity index (χ2n) is 5.46. The van der Waals surface area contributed by atoms with Crippen LogP contribution in [0.1, 0.15) is 31.5 Å². The Balaban J connectivity index is 2.21. The van der Waals surface area contributed by atoms with Gasteiger partial charge in [-0.2, -0.15) is 0 Å². The quantitative estimate of drug-likeness (QED) is 0.631. The number of carbonyl (C=O) groups is 1. The fourth-order valence-electron chi connectivity index (χ4n) is 2.29. The Bertz CT molecular complexity index is 882. The van der Waals surface area contributed by atoms with Crippen molar-refractivity contribution in [1.82, 2.24) is 9.88 Å². The number of nitrogens with zero attached hydrogens (tertiary/aromatic N) is 2. The molecule has 0 fully saturated rings. The monoisotopic (exact) mass is 383 g/mol. The average Bonchev–Trinajstić information content (AvgIpc) is 2.54. The van der Waals surface area contributed by atoms with Crippen molar-refractivity contribution < 1.29 is 9.72 Å². The lowest BCUT2D eigenvalue weighted by molar-refractivity contribution is -0.385. The van der Waals surface area contributed by atoms with E-state index >= 15 is 0 Å². The molecule has 0 saturated carbocycles. The minimum Gasteiger partial charge on any atom is -0.348 e. The number of nitrogens with one attached hydrogen (secondary N) is 1. The number of aromatic nitrogens is 1. The molecular formula is C16H15Cl2N3O4. The number of halogens is 2. The molecule has 132 valence electrons. The van der Waals surface area contributed by atoms with Gasteiger partial charge in [0.25, 0.3) is 11.2 Å². The van der Waals surface area contributed by atoms with Crippen molar-refractivity contribution in [2.45, 2.75) is 25.9 Å². The summed E-state index contributed by atoms with van der Waals surface area (Å²) in [4.78, 5) is 34.6. The van der Waals surface area contributed by atoms with Crippen LogP contribution in [-0.2, 0) is 4.79 Å². The molecule has 0 aliphatic rings. The fourth-order valence-corrected chi connectivity index (χ4v) is 2.87. The van der Waals surface area contributed by atoms with Gasteiger partial charge < -0.3 is 5.32 Å². The van der Waals surface area contributed by atoms with Gasteiger partial charge >= 0.3 is 0 Å². The molecule has 0 saturated heterocycles. The summed E-state index contributed by atoms with van der Waals surface area (Å²) >= 11 is 12.0. The van der Waals surface area contributed by atoms with Crippen molar-refractivity contribution in [2.24, 2.45) is 0 Å². The summed E-state index contributed by atoms with van der Waals surface area (Å²) in [5.74, 6) is -0.471. The number of hydrogen-bond donors (Lipinski definition) is 1. The first-order valence-electron chi connectivity index (χ1n) is 7.32. The van der Waals surface area contributed by atoms with Crippen LogP contribution in [0.15, 0.2) is 41.3 Å². The molecule has 2 aromatic rings. The van der Waals surface area contributed by atoms with E-state index in [4.69, 9.17) is 23.2 Å². The van der Waals surface area contributed by atoms with Gasteiger partial charge in [0.15, 0.2) is 0 Å². The molecular weight excluding hydrogens is 369 g/mol. The largest absolute Gasteiger partial charge is 0.348 e. The van der Waals surface area contributed by atoms with Crippen molar-refractivity contribution in [1.29, 1.82) is 0 Å². The van der Waals surface area contributed by atoms with Crippen LogP contribution in [0.25, 0.3) is 0 Å². The van der Waals surface area contributed by atoms with Crippen LogP contribution in [0.4, 0.5) is 5.69 Å². The van der Waals surface area contributed by atoms with E-state index in [1.807, 2.05) is 0 Å². The molecule has 7 nitrogen and oxygen atoms in total. The van der Waals surface area contributed by atoms with E-state index < -0.39 is 28.5 Å². The van der Waals surface area contributed by atoms with Gasteiger partial charge in [0.2, 0.25) is 5.91 Å². The number of hydrogen-bond acceptors (Lipinski definition) is 4. The van der Waals surface area contributed by atoms with Gasteiger partial charge in [-0.25, -0.2) is 0 Å². The lowest BCUT2D eigenvalue weighted by Crippen LogP contribution is -2.36. The summed E-state index contributed by atoms with van der Waals surface area (Å²) in [7, 11) is 0. The third-order valence-electron chi connectivity index (χ3n) is 3.72. The maximum absolute atomic E-state index is 12.4. The zero-order valence-corrected chi connectivity index (χ0v) is 14.9. The third kappa shape index (κ3) is 4.37. The molecule has 0 spiro atoms. The van der Waals surface area contributed by atoms with Gasteiger partial charge in [0.1, 0.15) is 6.04 Å². The first kappa shape index (κ1) is 19.0. The number of rotatable bonds is 5. The number of nitro groups is 1. The topological polar surface area (TPSA) is 94.2 Å². The number of carbonyl (C=O) groups excluding carboxylic acids is 1. The van der Waals surface area contributed by atoms with E-state index in [9.17, 15) is 19.7 Å². The van der Waals surface area contributed by atoms with E-state index in [1.54, 1.807) is 25.1 Å². The predicted octanol–water partition coefficient (Wildman–Crippen LogP) is 3.50. The lowest BCUT2D eigenvalue weighted by atomic mass is 10.1. The molecule has 1 heterocycles. The molecule has 1 N–H and O–H groups in total. The van der Waals surface area contributed by atoms with Crippen molar-refractivity contribution in [2.75, 3.05) is 0 Å². The van der Waals surface area contributed by atoms with Gasteiger partial charge in [-0.1, -0.05) is 29.3 Å². The molecule has 25 heavy (non-hydrogen) atoms. The summed E-state index contributed by atoms with van der Waals surface area (Å²) in [6.07, 6.45) is 1.05. The minimum absolute atomic E-state index is 0.270. The Hall–Kier alpha value is -2.38. The van der Waals surface area contributed by atoms with Crippen molar-refractivity contribution >= 4 is 34.8 Å². The van der Waals surface area contributed by atoms with E-state index in [0.29, 0.717) is 15.6 Å². The summed E-state index contributed by atoms with van der Waals surface area (Å²) in [6, 6.07) is 5.70. The van der Waals surface area contributed by atoms with E-state index in [0.717, 1.165) is 22.9 Å². The summed E-state index contributed by atoms with van der Waals surface area (Å²) in [5.41, 5.74) is -0.114. The van der Waals surface area contributed by atoms with Crippen LogP contribution in [0.3, 0.4) is 0 Å². The van der Waals surface area contributed by atoms with Gasteiger partial charge in [-0.05, 0) is 31.5 Å². The normalized spacial score (nSPS) is 13.1. The highest BCUT2D eigenvalue weighted by molar-refractivity contribution is 6.35. The molecule has 1 amide bonds. The van der Waals surface area contributed by atoms with Crippen LogP contribution >= 0.6 is 23.2 Å². The van der Waals surface area contributed by atoms with Gasteiger partial charge in [-0.3, -0.25) is 24.3 Å². The van der Waals surface area contributed by atoms with Gasteiger partial charge in [0.05, 0.1) is 17.2 Å². The predicted molar refractivity (Wildman–Crippen MR) is 95.1 cm³/mol. The first-order valence-corrected chi connectivity index (χ1v) is 8.08. The highest BCUT2D eigenvalue weighted by atomic mass is 35.5. The SMILES string of the molecule is C[C@H](C(=O)N[C@H](C)c1ccc(Cl)cc1Cl)n1cc([N+](=O)[O-])ccc1=O. The summed E-state index contributed by atoms with van der Waals surface area (Å²) in [6.45, 7) is 3.21. The Labute approximate surface area is 153 Å². The van der Waals surface area contributed by atoms with Crippen molar-refractivity contribution in [3.8, 4) is 0 Å². The maximum Gasteiger partial charge on any atom is 0.285 e. The molecule has 1 aromatic carbocycles. The molecule has 9 heteroatoms. The zero-order chi connectivity index (χ0) is 18.7. The Morgan fingerprint density at radius 3 is 2.52 bits per heavy atom. The van der Waals surface area contributed by atoms with Crippen LogP contribution in [0, 0.1) is 10.1 Å². The molecule has 0 bridgehead atoms. The fraction of sp³-hybridized carbons (Fsp3) is 0.250. The molecule has 0 radical (unpaired) electrons. The number of pyridine rings is 1. The number of benzene rings is 1. The molecule has 0 unspecified atom stereocenters. The third-order valence-corrected chi connectivity index (χ3v) is 4.28. The second kappa shape index (κ2) is 7.67. The van der Waals surface area contributed by atoms with E-state index in [-0.39, 0.29) is 5.69 Å². The van der Waals surface area contributed by atoms with E-state index in [1.165, 1.54) is 6.92 Å². The van der Waals surface area contributed by atoms with Crippen LogP contribution in [0.5, 0.6) is 0 Å². The molecule has 1 aromatic heterocycles. The molecule has 0 aliphatic heterocycles. The van der Waals surface area contributed by atoms with Crippen LogP contribution in [0.2, 0.25) is 10.0 Å². The molecule has 0 aliphatic carbocycles. The molecule has 2 rings (SSSR count). The molecule has 2 atom stereocenters. The Morgan fingerprint density at radius 2 is 1.92 bits per heavy atom. The van der Waals surface area contributed by atoms with Crippen LogP contribution < -0.4 is 10.9 Å². The highest BCUT2D eigenvalue weighted by Crippen LogP contribution is 2.26. The standard InChI is InChI=1S/C16H15Cl2N3O4/c1-9(13-5-3-11(17)7-14(13)18)19-16(23)10(2)20-8-12(21(24)25)4-6-15(20)22/h3-10H,1-2H3,(H,19,23)/t9-,10-/m1/s1. The van der Waals surface area contributed by atoms with Gasteiger partial charge in [-0.15, -0.1) is 0 Å². The average molecular weight is 384 g/mol. The zero-order valence-electron chi connectivity index (χ0n) is 13.4. The summed E-state index contributed by atoms with van der Waals surface area (Å²) in [5, 5.41) is 14.5. The second-order valence-corrected chi connectivity index (χ2v) is 6.31. The smallest absolute Gasteiger partial charge is 0.285 e. The van der Waals surface area contributed by atoms with Crippen molar-refractivity contribution in [3.63, 3.8) is 0 Å². The van der Waals surface area contributed by atoms with Crippen molar-refractivity contribution in [3.05, 3.63) is 72.6 Å². The lowest BCUT2D eigenvalue weighted by Gasteiger charge is -2.20. The first-order chi connectivity index (χ1) is 11.7. The number of amides is 1. The summed E-state index contributed by atoms with van der Waals surface area (Å²) < 4.78 is 1.02. The Morgan fingerprint density at radius 1 is 1.24 bits per heavy atom. The Kier molecular flexibility index (Phi) is 5.81.